The van der Waals surface area contributed by atoms with Crippen LogP contribution in [0.4, 0.5) is 24.2 Å². The second-order valence-electron chi connectivity index (χ2n) is 8.01. The first-order chi connectivity index (χ1) is 13.3. The van der Waals surface area contributed by atoms with Gasteiger partial charge in [-0.1, -0.05) is 31.6 Å². The summed E-state index contributed by atoms with van der Waals surface area (Å²) in [5, 5.41) is 0. The Morgan fingerprint density at radius 2 is 1.66 bits per heavy atom. The third-order valence-electron chi connectivity index (χ3n) is 5.83. The molecule has 3 aliphatic rings. The van der Waals surface area contributed by atoms with Gasteiger partial charge in [0.05, 0.1) is 6.10 Å². The number of carbonyl (C=O) groups is 2. The predicted octanol–water partition coefficient (Wildman–Crippen LogP) is 4.54. The van der Waals surface area contributed by atoms with E-state index in [2.05, 4.69) is 0 Å². The number of amides is 2. The number of ether oxygens (including phenoxy) is 1. The Morgan fingerprint density at radius 1 is 1.00 bits per heavy atom. The van der Waals surface area contributed by atoms with Gasteiger partial charge in [-0.15, -0.1) is 0 Å². The largest absolute Gasteiger partial charge is 0.370 e. The van der Waals surface area contributed by atoms with Crippen LogP contribution in [0.25, 0.3) is 0 Å². The van der Waals surface area contributed by atoms with Gasteiger partial charge >= 0.3 is 16.3 Å². The van der Waals surface area contributed by atoms with Crippen LogP contribution >= 0.6 is 10.2 Å². The number of benzene rings is 1. The number of rotatable bonds is 2. The molecule has 0 radical (unpaired) electrons. The number of urea groups is 1. The number of likely N-dealkylation sites (tertiary alicyclic amines) is 2. The SMILES string of the molecule is O=C1CO[C@H]2CCN(C(=O)N3CC(c4ccc(S(F)(F)(F)(F)F)cc4)C3)C[C@H]2C1. The van der Waals surface area contributed by atoms with Crippen molar-refractivity contribution in [3.8, 4) is 0 Å². The minimum atomic E-state index is -9.67. The Balaban J connectivity index is 1.34. The quantitative estimate of drug-likeness (QED) is 0.635. The molecule has 11 heteroatoms. The van der Waals surface area contributed by atoms with E-state index < -0.39 is 15.1 Å². The van der Waals surface area contributed by atoms with Crippen molar-refractivity contribution < 1.29 is 33.8 Å². The first-order valence-corrected chi connectivity index (χ1v) is 11.3. The molecule has 5 nitrogen and oxygen atoms in total. The van der Waals surface area contributed by atoms with E-state index in [9.17, 15) is 29.0 Å². The van der Waals surface area contributed by atoms with Gasteiger partial charge in [0.15, 0.2) is 5.78 Å². The average Bonchev–Trinajstić information content (AvgIpc) is 2.58. The number of hydrogen-bond donors (Lipinski definition) is 0. The zero-order valence-corrected chi connectivity index (χ0v) is 16.2. The van der Waals surface area contributed by atoms with Gasteiger partial charge in [-0.05, 0) is 24.1 Å². The molecule has 3 heterocycles. The van der Waals surface area contributed by atoms with Gasteiger partial charge in [0.25, 0.3) is 0 Å². The highest BCUT2D eigenvalue weighted by atomic mass is 32.5. The number of fused-ring (bicyclic) bond motifs is 1. The van der Waals surface area contributed by atoms with E-state index in [0.29, 0.717) is 56.7 Å². The van der Waals surface area contributed by atoms with Crippen LogP contribution in [0.15, 0.2) is 29.2 Å². The summed E-state index contributed by atoms with van der Waals surface area (Å²) < 4.78 is 69.5. The van der Waals surface area contributed by atoms with Crippen LogP contribution in [0.1, 0.15) is 24.3 Å². The molecule has 1 aromatic carbocycles. The molecule has 2 atom stereocenters. The number of halogens is 5. The zero-order valence-electron chi connectivity index (χ0n) is 15.4. The number of hydrogen-bond acceptors (Lipinski definition) is 3. The van der Waals surface area contributed by atoms with Gasteiger partial charge in [-0.3, -0.25) is 4.79 Å². The van der Waals surface area contributed by atoms with Crippen molar-refractivity contribution in [2.75, 3.05) is 32.8 Å². The summed E-state index contributed by atoms with van der Waals surface area (Å²) in [6, 6.07) is 2.74. The van der Waals surface area contributed by atoms with Crippen molar-refractivity contribution in [1.29, 1.82) is 0 Å². The molecule has 162 valence electrons. The summed E-state index contributed by atoms with van der Waals surface area (Å²) >= 11 is 0. The summed E-state index contributed by atoms with van der Waals surface area (Å²) in [4.78, 5) is 25.6. The minimum absolute atomic E-state index is 0.00588. The number of carbonyl (C=O) groups excluding carboxylic acids is 2. The van der Waals surface area contributed by atoms with Crippen molar-refractivity contribution in [3.05, 3.63) is 29.8 Å². The summed E-state index contributed by atoms with van der Waals surface area (Å²) in [5.41, 5.74) is 0.490. The number of ketones is 1. The van der Waals surface area contributed by atoms with E-state index in [1.54, 1.807) is 9.80 Å². The molecule has 1 aromatic rings. The molecule has 0 aliphatic carbocycles. The smallest absolute Gasteiger partial charge is 0.320 e. The highest BCUT2D eigenvalue weighted by Gasteiger charge is 2.65. The van der Waals surface area contributed by atoms with Crippen molar-refractivity contribution in [3.63, 3.8) is 0 Å². The van der Waals surface area contributed by atoms with E-state index in [4.69, 9.17) is 4.74 Å². The molecule has 3 aliphatic heterocycles. The molecule has 0 saturated carbocycles. The first-order valence-electron chi connectivity index (χ1n) is 9.31. The lowest BCUT2D eigenvalue weighted by Gasteiger charge is -2.46. The zero-order chi connectivity index (χ0) is 21.1. The van der Waals surface area contributed by atoms with Crippen molar-refractivity contribution in [2.45, 2.75) is 29.8 Å². The van der Waals surface area contributed by atoms with Gasteiger partial charge in [-0.2, -0.15) is 0 Å². The summed E-state index contributed by atoms with van der Waals surface area (Å²) in [6.07, 6.45) is 1.06. The Hall–Kier alpha value is -1.88. The molecule has 3 fully saturated rings. The molecular formula is C18H21F5N2O3S. The molecule has 0 aromatic heterocycles. The van der Waals surface area contributed by atoms with E-state index >= 15 is 0 Å². The molecule has 4 rings (SSSR count). The van der Waals surface area contributed by atoms with Gasteiger partial charge in [0.2, 0.25) is 0 Å². The fourth-order valence-electron chi connectivity index (χ4n) is 4.19. The normalized spacial score (nSPS) is 28.2. The Morgan fingerprint density at radius 3 is 2.28 bits per heavy atom. The maximum absolute atomic E-state index is 12.8. The molecule has 0 unspecified atom stereocenters. The molecule has 29 heavy (non-hydrogen) atoms. The standard InChI is InChI=1S/C18H21F5N2O3S/c19-29(20,21,22,23)16-3-1-12(2-4-16)14-9-25(10-14)18(27)24-6-5-17-13(8-24)7-15(26)11-28-17/h1-4,13-14,17H,5-11H2/t13-,17+/m1/s1. The van der Waals surface area contributed by atoms with E-state index in [1.807, 2.05) is 0 Å². The van der Waals surface area contributed by atoms with Crippen LogP contribution in [0.2, 0.25) is 0 Å². The van der Waals surface area contributed by atoms with Crippen LogP contribution in [0.5, 0.6) is 0 Å². The van der Waals surface area contributed by atoms with Crippen molar-refractivity contribution >= 4 is 22.0 Å². The fourth-order valence-corrected chi connectivity index (χ4v) is 4.84. The third-order valence-corrected chi connectivity index (χ3v) is 7.00. The minimum Gasteiger partial charge on any atom is -0.370 e. The summed E-state index contributed by atoms with van der Waals surface area (Å²) in [7, 11) is -9.67. The van der Waals surface area contributed by atoms with Crippen LogP contribution in [-0.4, -0.2) is 60.5 Å². The predicted molar refractivity (Wildman–Crippen MR) is 96.6 cm³/mol. The molecule has 0 spiro atoms. The lowest BCUT2D eigenvalue weighted by molar-refractivity contribution is -0.140. The Kier molecular flexibility index (Phi) is 4.27. The van der Waals surface area contributed by atoms with E-state index in [1.165, 1.54) is 0 Å². The average molecular weight is 440 g/mol. The molecule has 0 bridgehead atoms. The number of piperidine rings is 1. The number of Topliss-reactive ketones (excluding diaryl/α,β-unsaturated/α-hetero) is 1. The van der Waals surface area contributed by atoms with Gasteiger partial charge in [-0.25, -0.2) is 4.79 Å². The monoisotopic (exact) mass is 440 g/mol. The molecule has 2 amide bonds. The van der Waals surface area contributed by atoms with Gasteiger partial charge in [0, 0.05) is 44.4 Å². The Bertz CT molecular complexity index is 840. The van der Waals surface area contributed by atoms with Gasteiger partial charge < -0.3 is 14.5 Å². The van der Waals surface area contributed by atoms with Crippen molar-refractivity contribution in [2.24, 2.45) is 5.92 Å². The topological polar surface area (TPSA) is 49.9 Å². The van der Waals surface area contributed by atoms with E-state index in [-0.39, 0.29) is 36.4 Å². The lowest BCUT2D eigenvalue weighted by atomic mass is 9.87. The van der Waals surface area contributed by atoms with Crippen LogP contribution in [-0.2, 0) is 9.53 Å². The second kappa shape index (κ2) is 6.07. The number of nitrogens with zero attached hydrogens (tertiary/aromatic N) is 2. The lowest BCUT2D eigenvalue weighted by Crippen LogP contribution is -2.58. The maximum Gasteiger partial charge on any atom is 0.320 e. The van der Waals surface area contributed by atoms with E-state index in [0.717, 1.165) is 12.1 Å². The molecular weight excluding hydrogens is 419 g/mol. The maximum atomic E-state index is 12.8. The molecule has 3 saturated heterocycles. The fraction of sp³-hybridized carbons (Fsp3) is 0.556. The Labute approximate surface area is 164 Å². The van der Waals surface area contributed by atoms with Crippen LogP contribution in [0.3, 0.4) is 0 Å². The van der Waals surface area contributed by atoms with Crippen LogP contribution < -0.4 is 0 Å². The third kappa shape index (κ3) is 4.20. The molecule has 0 N–H and O–H groups in total. The van der Waals surface area contributed by atoms with Crippen LogP contribution in [0, 0.1) is 5.92 Å². The highest BCUT2D eigenvalue weighted by Crippen LogP contribution is 3.02. The summed E-state index contributed by atoms with van der Waals surface area (Å²) in [6.45, 7) is 1.72. The highest BCUT2D eigenvalue weighted by molar-refractivity contribution is 8.45. The van der Waals surface area contributed by atoms with Crippen molar-refractivity contribution in [1.82, 2.24) is 9.80 Å². The van der Waals surface area contributed by atoms with Gasteiger partial charge in [0.1, 0.15) is 11.5 Å². The first kappa shape index (κ1) is 20.4. The second-order valence-corrected chi connectivity index (χ2v) is 10.4. The summed E-state index contributed by atoms with van der Waals surface area (Å²) in [5.74, 6) is -0.172.